The van der Waals surface area contributed by atoms with E-state index in [-0.39, 0.29) is 12.6 Å². The van der Waals surface area contributed by atoms with Crippen molar-refractivity contribution in [2.45, 2.75) is 39.4 Å². The normalized spacial score (nSPS) is 18.2. The molecule has 1 fully saturated rings. The van der Waals surface area contributed by atoms with Crippen LogP contribution in [-0.2, 0) is 13.1 Å². The highest BCUT2D eigenvalue weighted by molar-refractivity contribution is 5.43. The van der Waals surface area contributed by atoms with Gasteiger partial charge in [0.15, 0.2) is 0 Å². The van der Waals surface area contributed by atoms with Crippen molar-refractivity contribution in [2.75, 3.05) is 33.4 Å². The van der Waals surface area contributed by atoms with E-state index >= 15 is 0 Å². The van der Waals surface area contributed by atoms with Crippen LogP contribution in [0, 0.1) is 25.5 Å². The second-order valence-corrected chi connectivity index (χ2v) is 7.83. The molecular weight excluding hydrogens is 374 g/mol. The van der Waals surface area contributed by atoms with Crippen LogP contribution in [0.15, 0.2) is 30.3 Å². The van der Waals surface area contributed by atoms with Crippen molar-refractivity contribution >= 4 is 0 Å². The zero-order valence-electron chi connectivity index (χ0n) is 17.4. The maximum Gasteiger partial charge on any atom is 0.126 e. The van der Waals surface area contributed by atoms with E-state index in [9.17, 15) is 13.9 Å². The molecule has 6 heteroatoms. The molecular formula is C23H30F2N2O2. The van der Waals surface area contributed by atoms with Gasteiger partial charge in [0.05, 0.1) is 7.11 Å². The van der Waals surface area contributed by atoms with E-state index < -0.39 is 11.6 Å². The van der Waals surface area contributed by atoms with E-state index in [0.717, 1.165) is 43.6 Å². The first-order valence-electron chi connectivity index (χ1n) is 10.1. The third-order valence-corrected chi connectivity index (χ3v) is 5.92. The van der Waals surface area contributed by atoms with Gasteiger partial charge in [0, 0.05) is 51.4 Å². The first-order valence-corrected chi connectivity index (χ1v) is 10.1. The summed E-state index contributed by atoms with van der Waals surface area (Å²) in [5.74, 6) is -0.197. The lowest BCUT2D eigenvalue weighted by atomic mass is 10.00. The van der Waals surface area contributed by atoms with Crippen molar-refractivity contribution in [3.05, 3.63) is 64.2 Å². The number of ether oxygens (including phenoxy) is 1. The maximum absolute atomic E-state index is 13.5. The second-order valence-electron chi connectivity index (χ2n) is 7.83. The Labute approximate surface area is 171 Å². The summed E-state index contributed by atoms with van der Waals surface area (Å²) in [7, 11) is 1.68. The predicted octanol–water partition coefficient (Wildman–Crippen LogP) is 3.66. The number of hydrogen-bond donors (Lipinski definition) is 1. The summed E-state index contributed by atoms with van der Waals surface area (Å²) in [6, 6.07) is 7.98. The van der Waals surface area contributed by atoms with E-state index in [4.69, 9.17) is 4.74 Å². The monoisotopic (exact) mass is 404 g/mol. The van der Waals surface area contributed by atoms with Gasteiger partial charge in [-0.05, 0) is 60.7 Å². The molecule has 1 aliphatic heterocycles. The van der Waals surface area contributed by atoms with Gasteiger partial charge in [0.25, 0.3) is 0 Å². The van der Waals surface area contributed by atoms with Crippen LogP contribution in [0.4, 0.5) is 8.78 Å². The standard InChI is InChI=1S/C23H30F2N2O2/c1-16-17(2)23(29-3)5-4-19(16)14-27-8-7-26(15-22(27)6-9-28)13-18-10-20(24)12-21(25)11-18/h4-5,10-12,22,28H,6-9,13-15H2,1-3H3/t22-/m1/s1. The Kier molecular flexibility index (Phi) is 7.22. The molecule has 0 saturated carbocycles. The minimum absolute atomic E-state index is 0.115. The number of benzene rings is 2. The second kappa shape index (κ2) is 9.65. The van der Waals surface area contributed by atoms with E-state index in [0.29, 0.717) is 18.5 Å². The molecule has 1 atom stereocenters. The molecule has 0 amide bonds. The summed E-state index contributed by atoms with van der Waals surface area (Å²) in [5.41, 5.74) is 4.27. The lowest BCUT2D eigenvalue weighted by molar-refractivity contribution is 0.0498. The van der Waals surface area contributed by atoms with Gasteiger partial charge in [0.2, 0.25) is 0 Å². The van der Waals surface area contributed by atoms with Gasteiger partial charge in [-0.25, -0.2) is 8.78 Å². The number of methoxy groups -OCH3 is 1. The highest BCUT2D eigenvalue weighted by atomic mass is 19.1. The van der Waals surface area contributed by atoms with Crippen molar-refractivity contribution < 1.29 is 18.6 Å². The van der Waals surface area contributed by atoms with Crippen LogP contribution in [0.25, 0.3) is 0 Å². The van der Waals surface area contributed by atoms with Crippen LogP contribution in [0.2, 0.25) is 0 Å². The molecule has 0 bridgehead atoms. The SMILES string of the molecule is COc1ccc(CN2CCN(Cc3cc(F)cc(F)c3)C[C@H]2CCO)c(C)c1C. The van der Waals surface area contributed by atoms with E-state index in [2.05, 4.69) is 29.7 Å². The summed E-state index contributed by atoms with van der Waals surface area (Å²) >= 11 is 0. The van der Waals surface area contributed by atoms with Gasteiger partial charge in [-0.15, -0.1) is 0 Å². The summed E-state index contributed by atoms with van der Waals surface area (Å²) in [5, 5.41) is 9.56. The van der Waals surface area contributed by atoms with Gasteiger partial charge in [-0.3, -0.25) is 9.80 Å². The predicted molar refractivity (Wildman–Crippen MR) is 110 cm³/mol. The fourth-order valence-corrected chi connectivity index (χ4v) is 4.16. The van der Waals surface area contributed by atoms with E-state index in [1.165, 1.54) is 23.3 Å². The molecule has 1 N–H and O–H groups in total. The Morgan fingerprint density at radius 1 is 1.03 bits per heavy atom. The number of halogens is 2. The van der Waals surface area contributed by atoms with Crippen molar-refractivity contribution in [2.24, 2.45) is 0 Å². The zero-order valence-corrected chi connectivity index (χ0v) is 17.4. The molecule has 158 valence electrons. The smallest absolute Gasteiger partial charge is 0.126 e. The van der Waals surface area contributed by atoms with Crippen LogP contribution < -0.4 is 4.74 Å². The molecule has 0 aromatic heterocycles. The van der Waals surface area contributed by atoms with Crippen molar-refractivity contribution in [1.82, 2.24) is 9.80 Å². The molecule has 2 aromatic rings. The Morgan fingerprint density at radius 2 is 1.76 bits per heavy atom. The molecule has 0 unspecified atom stereocenters. The minimum Gasteiger partial charge on any atom is -0.496 e. The summed E-state index contributed by atoms with van der Waals surface area (Å²) in [4.78, 5) is 4.60. The average molecular weight is 405 g/mol. The van der Waals surface area contributed by atoms with Crippen molar-refractivity contribution in [1.29, 1.82) is 0 Å². The van der Waals surface area contributed by atoms with Crippen LogP contribution in [-0.4, -0.2) is 54.3 Å². The fourth-order valence-electron chi connectivity index (χ4n) is 4.16. The Balaban J connectivity index is 1.70. The Hall–Kier alpha value is -2.02. The first kappa shape index (κ1) is 21.7. The largest absolute Gasteiger partial charge is 0.496 e. The van der Waals surface area contributed by atoms with Crippen LogP contribution in [0.1, 0.15) is 28.7 Å². The Morgan fingerprint density at radius 3 is 2.41 bits per heavy atom. The molecule has 2 aromatic carbocycles. The molecule has 4 nitrogen and oxygen atoms in total. The highest BCUT2D eigenvalue weighted by Crippen LogP contribution is 2.26. The van der Waals surface area contributed by atoms with Crippen LogP contribution in [0.3, 0.4) is 0 Å². The van der Waals surface area contributed by atoms with Crippen molar-refractivity contribution in [3.63, 3.8) is 0 Å². The molecule has 1 heterocycles. The summed E-state index contributed by atoms with van der Waals surface area (Å²) < 4.78 is 32.4. The van der Waals surface area contributed by atoms with Gasteiger partial charge in [-0.1, -0.05) is 6.07 Å². The average Bonchev–Trinajstić information content (AvgIpc) is 2.67. The summed E-state index contributed by atoms with van der Waals surface area (Å²) in [6.07, 6.45) is 0.669. The van der Waals surface area contributed by atoms with Crippen molar-refractivity contribution in [3.8, 4) is 5.75 Å². The molecule has 0 aliphatic carbocycles. The van der Waals surface area contributed by atoms with Crippen LogP contribution >= 0.6 is 0 Å². The lowest BCUT2D eigenvalue weighted by Crippen LogP contribution is -2.52. The lowest BCUT2D eigenvalue weighted by Gasteiger charge is -2.41. The van der Waals surface area contributed by atoms with Gasteiger partial charge < -0.3 is 9.84 Å². The number of aliphatic hydroxyl groups excluding tert-OH is 1. The molecule has 0 spiro atoms. The molecule has 3 rings (SSSR count). The Bertz CT molecular complexity index is 824. The molecule has 0 radical (unpaired) electrons. The highest BCUT2D eigenvalue weighted by Gasteiger charge is 2.27. The van der Waals surface area contributed by atoms with Crippen LogP contribution in [0.5, 0.6) is 5.75 Å². The first-order chi connectivity index (χ1) is 13.9. The third kappa shape index (κ3) is 5.32. The number of aliphatic hydroxyl groups is 1. The van der Waals surface area contributed by atoms with E-state index in [1.807, 2.05) is 6.07 Å². The number of nitrogens with zero attached hydrogens (tertiary/aromatic N) is 2. The molecule has 29 heavy (non-hydrogen) atoms. The third-order valence-electron chi connectivity index (χ3n) is 5.92. The van der Waals surface area contributed by atoms with E-state index in [1.54, 1.807) is 7.11 Å². The quantitative estimate of drug-likeness (QED) is 0.764. The maximum atomic E-state index is 13.5. The molecule has 1 saturated heterocycles. The number of hydrogen-bond acceptors (Lipinski definition) is 4. The summed E-state index contributed by atoms with van der Waals surface area (Å²) in [6.45, 7) is 8.02. The van der Waals surface area contributed by atoms with Gasteiger partial charge >= 0.3 is 0 Å². The minimum atomic E-state index is -0.545. The number of piperazine rings is 1. The van der Waals surface area contributed by atoms with Gasteiger partial charge in [-0.2, -0.15) is 0 Å². The molecule has 1 aliphatic rings. The van der Waals surface area contributed by atoms with Gasteiger partial charge in [0.1, 0.15) is 17.4 Å². The fraction of sp³-hybridized carbons (Fsp3) is 0.478. The zero-order chi connectivity index (χ0) is 21.0. The number of rotatable bonds is 7. The topological polar surface area (TPSA) is 35.9 Å².